The first-order valence-electron chi connectivity index (χ1n) is 8.29. The molecule has 2 heterocycles. The second-order valence-corrected chi connectivity index (χ2v) is 7.24. The largest absolute Gasteiger partial charge is 0.451 e. The Hall–Kier alpha value is -2.56. The molecule has 0 fully saturated rings. The summed E-state index contributed by atoms with van der Waals surface area (Å²) < 4.78 is 46.1. The second-order valence-electron chi connectivity index (χ2n) is 6.33. The molecule has 0 spiro atoms. The minimum Gasteiger partial charge on any atom is -0.451 e. The summed E-state index contributed by atoms with van der Waals surface area (Å²) in [5.74, 6) is -1.49. The van der Waals surface area contributed by atoms with Crippen LogP contribution in [0.2, 0.25) is 0 Å². The number of halogens is 4. The molecule has 1 aromatic heterocycles. The van der Waals surface area contributed by atoms with E-state index >= 15 is 0 Å². The first-order chi connectivity index (χ1) is 13.1. The molecule has 2 aromatic rings. The Kier molecular flexibility index (Phi) is 5.64. The summed E-state index contributed by atoms with van der Waals surface area (Å²) in [5, 5.41) is 9.11. The van der Waals surface area contributed by atoms with Crippen molar-refractivity contribution < 1.29 is 27.5 Å². The summed E-state index contributed by atoms with van der Waals surface area (Å²) in [6.07, 6.45) is -4.70. The molecule has 7 nitrogen and oxygen atoms in total. The van der Waals surface area contributed by atoms with E-state index in [0.717, 1.165) is 9.15 Å². The van der Waals surface area contributed by atoms with Crippen LogP contribution in [0.1, 0.15) is 29.9 Å². The Morgan fingerprint density at radius 2 is 2.04 bits per heavy atom. The maximum atomic E-state index is 13.2. The van der Waals surface area contributed by atoms with Crippen molar-refractivity contribution in [1.82, 2.24) is 9.78 Å². The third-order valence-corrected chi connectivity index (χ3v) is 4.58. The number of anilines is 2. The lowest BCUT2D eigenvalue weighted by Crippen LogP contribution is -2.37. The van der Waals surface area contributed by atoms with Crippen LogP contribution in [0.5, 0.6) is 0 Å². The lowest BCUT2D eigenvalue weighted by Gasteiger charge is -2.31. The van der Waals surface area contributed by atoms with E-state index in [2.05, 4.69) is 31.7 Å². The highest BCUT2D eigenvalue weighted by Gasteiger charge is 2.45. The molecule has 0 saturated carbocycles. The lowest BCUT2D eigenvalue weighted by atomic mass is 10.1. The third-order valence-electron chi connectivity index (χ3n) is 4.05. The summed E-state index contributed by atoms with van der Waals surface area (Å²) in [6.45, 7) is 1.02. The molecule has 2 atom stereocenters. The average Bonchev–Trinajstić information content (AvgIpc) is 3.04. The van der Waals surface area contributed by atoms with Crippen molar-refractivity contribution in [2.75, 3.05) is 17.2 Å². The van der Waals surface area contributed by atoms with Gasteiger partial charge in [0, 0.05) is 22.3 Å². The smallest absolute Gasteiger partial charge is 0.410 e. The van der Waals surface area contributed by atoms with Crippen molar-refractivity contribution in [2.24, 2.45) is 0 Å². The predicted octanol–water partition coefficient (Wildman–Crippen LogP) is 3.75. The zero-order valence-corrected chi connectivity index (χ0v) is 16.2. The molecule has 1 amide bonds. The van der Waals surface area contributed by atoms with Gasteiger partial charge in [-0.15, -0.1) is 0 Å². The SMILES string of the molecule is C[C@@H]1C[C@H](C(F)(F)F)n2nc(C(=O)OCC(=O)Nc3ccc(Br)cc3)cc2N1. The Balaban J connectivity index is 1.64. The monoisotopic (exact) mass is 460 g/mol. The summed E-state index contributed by atoms with van der Waals surface area (Å²) in [5.41, 5.74) is 0.204. The lowest BCUT2D eigenvalue weighted by molar-refractivity contribution is -0.173. The number of nitrogens with one attached hydrogen (secondary N) is 2. The highest BCUT2D eigenvalue weighted by Crippen LogP contribution is 2.39. The highest BCUT2D eigenvalue weighted by molar-refractivity contribution is 9.10. The molecular weight excluding hydrogens is 445 g/mol. The van der Waals surface area contributed by atoms with Crippen LogP contribution in [0, 0.1) is 0 Å². The Bertz CT molecular complexity index is 883. The van der Waals surface area contributed by atoms with Crippen molar-refractivity contribution in [3.63, 3.8) is 0 Å². The van der Waals surface area contributed by atoms with Crippen molar-refractivity contribution in [3.05, 3.63) is 40.5 Å². The molecule has 150 valence electrons. The molecular formula is C17H16BrF3N4O3. The van der Waals surface area contributed by atoms with Gasteiger partial charge in [0.15, 0.2) is 18.3 Å². The number of esters is 1. The fourth-order valence-electron chi connectivity index (χ4n) is 2.79. The molecule has 3 rings (SSSR count). The van der Waals surface area contributed by atoms with Crippen LogP contribution in [0.25, 0.3) is 0 Å². The first kappa shape index (κ1) is 20.2. The zero-order chi connectivity index (χ0) is 20.5. The van der Waals surface area contributed by atoms with Gasteiger partial charge in [0.25, 0.3) is 5.91 Å². The number of hydrogen-bond acceptors (Lipinski definition) is 5. The van der Waals surface area contributed by atoms with Gasteiger partial charge in [-0.1, -0.05) is 15.9 Å². The van der Waals surface area contributed by atoms with E-state index in [1.165, 1.54) is 6.07 Å². The molecule has 0 aliphatic carbocycles. The normalized spacial score (nSPS) is 18.8. The Morgan fingerprint density at radius 1 is 1.36 bits per heavy atom. The molecule has 0 saturated heterocycles. The van der Waals surface area contributed by atoms with E-state index in [-0.39, 0.29) is 17.9 Å². The van der Waals surface area contributed by atoms with Gasteiger partial charge in [-0.3, -0.25) is 4.79 Å². The molecule has 0 unspecified atom stereocenters. The van der Waals surface area contributed by atoms with Crippen LogP contribution in [0.3, 0.4) is 0 Å². The summed E-state index contributed by atoms with van der Waals surface area (Å²) in [6, 6.07) is 5.67. The number of amides is 1. The maximum absolute atomic E-state index is 13.2. The quantitative estimate of drug-likeness (QED) is 0.678. The van der Waals surface area contributed by atoms with E-state index in [9.17, 15) is 22.8 Å². The first-order valence-corrected chi connectivity index (χ1v) is 9.08. The zero-order valence-electron chi connectivity index (χ0n) is 14.6. The van der Waals surface area contributed by atoms with Crippen molar-refractivity contribution in [3.8, 4) is 0 Å². The van der Waals surface area contributed by atoms with Gasteiger partial charge in [-0.25, -0.2) is 9.48 Å². The van der Waals surface area contributed by atoms with E-state index in [0.29, 0.717) is 5.69 Å². The molecule has 28 heavy (non-hydrogen) atoms. The number of benzene rings is 1. The van der Waals surface area contributed by atoms with E-state index in [1.807, 2.05) is 0 Å². The third kappa shape index (κ3) is 4.64. The molecule has 1 aliphatic heterocycles. The van der Waals surface area contributed by atoms with Crippen molar-refractivity contribution in [2.45, 2.75) is 31.6 Å². The van der Waals surface area contributed by atoms with Crippen molar-refractivity contribution in [1.29, 1.82) is 0 Å². The van der Waals surface area contributed by atoms with Gasteiger partial charge in [0.2, 0.25) is 0 Å². The van der Waals surface area contributed by atoms with Crippen LogP contribution in [0.4, 0.5) is 24.7 Å². The number of hydrogen-bond donors (Lipinski definition) is 2. The van der Waals surface area contributed by atoms with Gasteiger partial charge in [-0.2, -0.15) is 18.3 Å². The fraction of sp³-hybridized carbons (Fsp3) is 0.353. The number of aromatic nitrogens is 2. The summed E-state index contributed by atoms with van der Waals surface area (Å²) in [7, 11) is 0. The number of carbonyl (C=O) groups is 2. The fourth-order valence-corrected chi connectivity index (χ4v) is 3.06. The van der Waals surface area contributed by atoms with Gasteiger partial charge >= 0.3 is 12.1 Å². The number of alkyl halides is 3. The van der Waals surface area contributed by atoms with Crippen LogP contribution in [-0.2, 0) is 9.53 Å². The molecule has 0 bridgehead atoms. The average molecular weight is 461 g/mol. The van der Waals surface area contributed by atoms with E-state index in [4.69, 9.17) is 4.74 Å². The predicted molar refractivity (Wildman–Crippen MR) is 98.1 cm³/mol. The number of carbonyl (C=O) groups excluding carboxylic acids is 2. The summed E-state index contributed by atoms with van der Waals surface area (Å²) in [4.78, 5) is 24.0. The van der Waals surface area contributed by atoms with Crippen molar-refractivity contribution >= 4 is 39.3 Å². The minimum absolute atomic E-state index is 0.0762. The maximum Gasteiger partial charge on any atom is 0.410 e. The Morgan fingerprint density at radius 3 is 2.68 bits per heavy atom. The second kappa shape index (κ2) is 7.82. The number of rotatable bonds is 4. The standard InChI is InChI=1S/C17H16BrF3N4O3/c1-9-6-13(17(19,20)21)25-14(22-9)7-12(24-25)16(27)28-8-15(26)23-11-4-2-10(18)3-5-11/h2-5,7,9,13,22H,6,8H2,1H3,(H,23,26)/t9-,13-/m1/s1. The van der Waals surface area contributed by atoms with Gasteiger partial charge in [0.05, 0.1) is 0 Å². The molecule has 1 aromatic carbocycles. The molecule has 0 radical (unpaired) electrons. The Labute approximate surface area is 166 Å². The number of ether oxygens (including phenoxy) is 1. The van der Waals surface area contributed by atoms with Crippen LogP contribution >= 0.6 is 15.9 Å². The molecule has 11 heteroatoms. The summed E-state index contributed by atoms with van der Waals surface area (Å²) >= 11 is 3.26. The minimum atomic E-state index is -4.50. The van der Waals surface area contributed by atoms with Crippen LogP contribution < -0.4 is 10.6 Å². The van der Waals surface area contributed by atoms with Crippen LogP contribution in [0.15, 0.2) is 34.8 Å². The number of fused-ring (bicyclic) bond motifs is 1. The van der Waals surface area contributed by atoms with E-state index < -0.39 is 36.7 Å². The van der Waals surface area contributed by atoms with Gasteiger partial charge in [-0.05, 0) is 37.6 Å². The molecule has 2 N–H and O–H groups in total. The van der Waals surface area contributed by atoms with Gasteiger partial charge < -0.3 is 15.4 Å². The van der Waals surface area contributed by atoms with Gasteiger partial charge in [0.1, 0.15) is 5.82 Å². The van der Waals surface area contributed by atoms with E-state index in [1.54, 1.807) is 31.2 Å². The topological polar surface area (TPSA) is 85.2 Å². The van der Waals surface area contributed by atoms with Crippen LogP contribution in [-0.4, -0.2) is 40.5 Å². The molecule has 1 aliphatic rings. The highest BCUT2D eigenvalue weighted by atomic mass is 79.9. The number of nitrogens with zero attached hydrogens (tertiary/aromatic N) is 2.